The maximum Gasteiger partial charge on any atom is 0.339 e. The van der Waals surface area contributed by atoms with E-state index in [1.807, 2.05) is 30.3 Å². The normalized spacial score (nSPS) is 10.5. The van der Waals surface area contributed by atoms with Crippen LogP contribution in [-0.2, 0) is 6.61 Å². The van der Waals surface area contributed by atoms with Crippen molar-refractivity contribution in [2.24, 2.45) is 0 Å². The molecule has 0 saturated carbocycles. The minimum absolute atomic E-state index is 0.0947. The van der Waals surface area contributed by atoms with Gasteiger partial charge in [-0.2, -0.15) is 0 Å². The lowest BCUT2D eigenvalue weighted by Crippen LogP contribution is -2.03. The average molecular weight is 294 g/mol. The summed E-state index contributed by atoms with van der Waals surface area (Å²) in [5.74, 6) is -0.633. The first-order valence-electron chi connectivity index (χ1n) is 6.81. The molecule has 0 fully saturated rings. The van der Waals surface area contributed by atoms with Crippen LogP contribution in [0.25, 0.3) is 10.8 Å². The highest BCUT2D eigenvalue weighted by Crippen LogP contribution is 2.29. The summed E-state index contributed by atoms with van der Waals surface area (Å²) in [4.78, 5) is 11.2. The second kappa shape index (κ2) is 5.77. The van der Waals surface area contributed by atoms with E-state index in [-0.39, 0.29) is 23.7 Å². The molecule has 3 aromatic rings. The van der Waals surface area contributed by atoms with E-state index in [4.69, 9.17) is 9.84 Å². The summed E-state index contributed by atoms with van der Waals surface area (Å²) in [6.45, 7) is 0.0947. The van der Waals surface area contributed by atoms with E-state index in [9.17, 15) is 9.90 Å². The number of aromatic hydroxyl groups is 1. The Bertz CT molecular complexity index is 839. The minimum Gasteiger partial charge on any atom is -0.508 e. The van der Waals surface area contributed by atoms with Gasteiger partial charge in [-0.1, -0.05) is 42.5 Å². The van der Waals surface area contributed by atoms with Gasteiger partial charge in [-0.3, -0.25) is 0 Å². The fourth-order valence-corrected chi connectivity index (χ4v) is 2.40. The topological polar surface area (TPSA) is 66.8 Å². The molecule has 0 atom stereocenters. The number of phenols is 1. The quantitative estimate of drug-likeness (QED) is 0.767. The zero-order valence-corrected chi connectivity index (χ0v) is 11.7. The average Bonchev–Trinajstić information content (AvgIpc) is 2.54. The summed E-state index contributed by atoms with van der Waals surface area (Å²) in [6.07, 6.45) is 0. The molecule has 110 valence electrons. The maximum absolute atomic E-state index is 11.2. The summed E-state index contributed by atoms with van der Waals surface area (Å²) < 4.78 is 5.63. The Morgan fingerprint density at radius 2 is 1.68 bits per heavy atom. The number of carboxylic acid groups (broad SMARTS) is 1. The fourth-order valence-electron chi connectivity index (χ4n) is 2.40. The van der Waals surface area contributed by atoms with Crippen LogP contribution in [-0.4, -0.2) is 16.2 Å². The molecule has 0 aliphatic heterocycles. The molecule has 0 bridgehead atoms. The number of carboxylic acids is 1. The van der Waals surface area contributed by atoms with Crippen molar-refractivity contribution < 1.29 is 19.7 Å². The van der Waals surface area contributed by atoms with Gasteiger partial charge in [0, 0.05) is 5.56 Å². The van der Waals surface area contributed by atoms with Gasteiger partial charge >= 0.3 is 5.97 Å². The van der Waals surface area contributed by atoms with Gasteiger partial charge in [0.1, 0.15) is 23.7 Å². The molecule has 0 aromatic heterocycles. The Morgan fingerprint density at radius 1 is 0.955 bits per heavy atom. The van der Waals surface area contributed by atoms with Gasteiger partial charge in [-0.25, -0.2) is 4.79 Å². The SMILES string of the molecule is O=C(O)c1ccccc1OCc1c(O)ccc2ccccc12. The highest BCUT2D eigenvalue weighted by molar-refractivity contribution is 5.91. The molecule has 0 spiro atoms. The largest absolute Gasteiger partial charge is 0.508 e. The number of para-hydroxylation sites is 1. The summed E-state index contributed by atoms with van der Waals surface area (Å²) >= 11 is 0. The predicted octanol–water partition coefficient (Wildman–Crippen LogP) is 3.82. The molecule has 22 heavy (non-hydrogen) atoms. The van der Waals surface area contributed by atoms with Gasteiger partial charge in [0.15, 0.2) is 0 Å². The van der Waals surface area contributed by atoms with Crippen LogP contribution in [0.5, 0.6) is 11.5 Å². The number of carbonyl (C=O) groups is 1. The zero-order valence-electron chi connectivity index (χ0n) is 11.7. The number of fused-ring (bicyclic) bond motifs is 1. The van der Waals surface area contributed by atoms with E-state index in [2.05, 4.69) is 0 Å². The summed E-state index contributed by atoms with van der Waals surface area (Å²) in [6, 6.07) is 17.5. The van der Waals surface area contributed by atoms with Crippen molar-refractivity contribution in [2.45, 2.75) is 6.61 Å². The van der Waals surface area contributed by atoms with Crippen molar-refractivity contribution in [3.05, 3.63) is 71.8 Å². The second-order valence-electron chi connectivity index (χ2n) is 4.87. The molecule has 0 amide bonds. The molecule has 0 radical (unpaired) electrons. The highest BCUT2D eigenvalue weighted by Gasteiger charge is 2.12. The van der Waals surface area contributed by atoms with Crippen LogP contribution in [0.15, 0.2) is 60.7 Å². The zero-order chi connectivity index (χ0) is 15.5. The molecule has 2 N–H and O–H groups in total. The van der Waals surface area contributed by atoms with Crippen LogP contribution in [0.4, 0.5) is 0 Å². The number of hydrogen-bond acceptors (Lipinski definition) is 3. The van der Waals surface area contributed by atoms with Crippen LogP contribution in [0.1, 0.15) is 15.9 Å². The first kappa shape index (κ1) is 13.9. The molecule has 0 unspecified atom stereocenters. The summed E-state index contributed by atoms with van der Waals surface area (Å²) in [5, 5.41) is 21.1. The van der Waals surface area contributed by atoms with E-state index in [0.29, 0.717) is 5.56 Å². The lowest BCUT2D eigenvalue weighted by Gasteiger charge is -2.12. The van der Waals surface area contributed by atoms with E-state index >= 15 is 0 Å². The third kappa shape index (κ3) is 2.59. The molecule has 0 saturated heterocycles. The van der Waals surface area contributed by atoms with E-state index in [1.165, 1.54) is 6.07 Å². The number of hydrogen-bond donors (Lipinski definition) is 2. The molecular weight excluding hydrogens is 280 g/mol. The first-order chi connectivity index (χ1) is 10.7. The number of phenolic OH excluding ortho intramolecular Hbond substituents is 1. The molecule has 3 aromatic carbocycles. The van der Waals surface area contributed by atoms with E-state index < -0.39 is 5.97 Å². The Morgan fingerprint density at radius 3 is 2.50 bits per heavy atom. The van der Waals surface area contributed by atoms with Gasteiger partial charge in [0.2, 0.25) is 0 Å². The van der Waals surface area contributed by atoms with Crippen molar-refractivity contribution in [3.8, 4) is 11.5 Å². The smallest absolute Gasteiger partial charge is 0.339 e. The van der Waals surface area contributed by atoms with E-state index in [0.717, 1.165) is 10.8 Å². The Balaban J connectivity index is 1.95. The van der Waals surface area contributed by atoms with Crippen molar-refractivity contribution >= 4 is 16.7 Å². The van der Waals surface area contributed by atoms with Gasteiger partial charge in [0.05, 0.1) is 0 Å². The first-order valence-corrected chi connectivity index (χ1v) is 6.81. The summed E-state index contributed by atoms with van der Waals surface area (Å²) in [5.41, 5.74) is 0.737. The van der Waals surface area contributed by atoms with Crippen LogP contribution >= 0.6 is 0 Å². The maximum atomic E-state index is 11.2. The van der Waals surface area contributed by atoms with Gasteiger partial charge < -0.3 is 14.9 Å². The lowest BCUT2D eigenvalue weighted by atomic mass is 10.0. The third-order valence-electron chi connectivity index (χ3n) is 3.51. The van der Waals surface area contributed by atoms with Crippen LogP contribution in [0.3, 0.4) is 0 Å². The number of aromatic carboxylic acids is 1. The predicted molar refractivity (Wildman–Crippen MR) is 83.3 cm³/mol. The van der Waals surface area contributed by atoms with Gasteiger partial charge in [-0.05, 0) is 29.0 Å². The molecule has 4 heteroatoms. The van der Waals surface area contributed by atoms with Crippen molar-refractivity contribution in [3.63, 3.8) is 0 Å². The fraction of sp³-hybridized carbons (Fsp3) is 0.0556. The lowest BCUT2D eigenvalue weighted by molar-refractivity contribution is 0.0692. The van der Waals surface area contributed by atoms with E-state index in [1.54, 1.807) is 24.3 Å². The van der Waals surface area contributed by atoms with Crippen molar-refractivity contribution in [1.82, 2.24) is 0 Å². The minimum atomic E-state index is -1.04. The van der Waals surface area contributed by atoms with Gasteiger partial charge in [0.25, 0.3) is 0 Å². The summed E-state index contributed by atoms with van der Waals surface area (Å²) in [7, 11) is 0. The molecule has 0 heterocycles. The Labute approximate surface area is 127 Å². The number of rotatable bonds is 4. The molecule has 0 aliphatic rings. The van der Waals surface area contributed by atoms with Crippen LogP contribution in [0.2, 0.25) is 0 Å². The molecule has 3 rings (SSSR count). The highest BCUT2D eigenvalue weighted by atomic mass is 16.5. The third-order valence-corrected chi connectivity index (χ3v) is 3.51. The van der Waals surface area contributed by atoms with Crippen molar-refractivity contribution in [2.75, 3.05) is 0 Å². The molecular formula is C18H14O4. The Kier molecular flexibility index (Phi) is 3.66. The molecule has 0 aliphatic carbocycles. The standard InChI is InChI=1S/C18H14O4/c19-16-10-9-12-5-1-2-6-13(12)15(16)11-22-17-8-4-3-7-14(17)18(20)21/h1-10,19H,11H2,(H,20,21). The number of ether oxygens (including phenoxy) is 1. The Hall–Kier alpha value is -3.01. The second-order valence-corrected chi connectivity index (χ2v) is 4.87. The number of benzene rings is 3. The van der Waals surface area contributed by atoms with Crippen LogP contribution < -0.4 is 4.74 Å². The van der Waals surface area contributed by atoms with Gasteiger partial charge in [-0.15, -0.1) is 0 Å². The van der Waals surface area contributed by atoms with Crippen LogP contribution in [0, 0.1) is 0 Å². The van der Waals surface area contributed by atoms with Crippen molar-refractivity contribution in [1.29, 1.82) is 0 Å². The monoisotopic (exact) mass is 294 g/mol. The molecule has 4 nitrogen and oxygen atoms in total.